The zero-order chi connectivity index (χ0) is 29.5. The number of rotatable bonds is 7. The fourth-order valence-electron chi connectivity index (χ4n) is 4.11. The number of esters is 1. The fourth-order valence-corrected chi connectivity index (χ4v) is 4.80. The molecule has 0 spiro atoms. The Bertz CT molecular complexity index is 1670. The Morgan fingerprint density at radius 1 is 1.00 bits per heavy atom. The van der Waals surface area contributed by atoms with Crippen LogP contribution in [-0.2, 0) is 26.4 Å². The third kappa shape index (κ3) is 6.10. The number of sulfone groups is 1. The van der Waals surface area contributed by atoms with E-state index in [0.29, 0.717) is 16.8 Å². The zero-order valence-electron chi connectivity index (χ0n) is 22.2. The molecule has 4 rings (SSSR count). The lowest BCUT2D eigenvalue weighted by Gasteiger charge is -2.14. The molecule has 7 nitrogen and oxygen atoms in total. The van der Waals surface area contributed by atoms with Gasteiger partial charge in [0.05, 0.1) is 28.3 Å². The summed E-state index contributed by atoms with van der Waals surface area (Å²) in [6.45, 7) is 4.72. The van der Waals surface area contributed by atoms with Crippen LogP contribution >= 0.6 is 0 Å². The number of hydrogen-bond acceptors (Lipinski definition) is 6. The van der Waals surface area contributed by atoms with Crippen molar-refractivity contribution >= 4 is 15.8 Å². The minimum Gasteiger partial charge on any atom is -0.462 e. The monoisotopic (exact) mass is 572 g/mol. The smallest absolute Gasteiger partial charge is 0.417 e. The van der Waals surface area contributed by atoms with E-state index in [2.05, 4.69) is 4.98 Å². The van der Waals surface area contributed by atoms with E-state index in [-0.39, 0.29) is 34.1 Å². The van der Waals surface area contributed by atoms with Crippen LogP contribution in [-0.4, -0.2) is 41.9 Å². The van der Waals surface area contributed by atoms with Crippen LogP contribution in [0.4, 0.5) is 13.2 Å². The number of hydrogen-bond donors (Lipinski definition) is 1. The molecule has 210 valence electrons. The minimum absolute atomic E-state index is 0.0125. The van der Waals surface area contributed by atoms with Gasteiger partial charge in [-0.1, -0.05) is 30.3 Å². The van der Waals surface area contributed by atoms with Crippen molar-refractivity contribution in [2.45, 2.75) is 37.4 Å². The fraction of sp³-hybridized carbons (Fsp3) is 0.241. The van der Waals surface area contributed by atoms with Crippen molar-refractivity contribution in [1.82, 2.24) is 9.55 Å². The van der Waals surface area contributed by atoms with Crippen LogP contribution in [0.25, 0.3) is 28.2 Å². The maximum absolute atomic E-state index is 13.8. The van der Waals surface area contributed by atoms with Crippen LogP contribution in [0.3, 0.4) is 0 Å². The second-order valence-corrected chi connectivity index (χ2v) is 11.7. The Morgan fingerprint density at radius 2 is 1.65 bits per heavy atom. The minimum atomic E-state index is -4.63. The van der Waals surface area contributed by atoms with Gasteiger partial charge in [-0.25, -0.2) is 18.2 Å². The van der Waals surface area contributed by atoms with Crippen LogP contribution in [0.15, 0.2) is 77.8 Å². The molecule has 0 fully saturated rings. The first-order valence-corrected chi connectivity index (χ1v) is 14.1. The molecule has 1 N–H and O–H groups in total. The first kappa shape index (κ1) is 29.0. The van der Waals surface area contributed by atoms with Gasteiger partial charge in [-0.15, -0.1) is 0 Å². The van der Waals surface area contributed by atoms with Gasteiger partial charge < -0.3 is 9.84 Å². The molecule has 0 unspecified atom stereocenters. The number of imidazole rings is 1. The summed E-state index contributed by atoms with van der Waals surface area (Å²) in [5, 5.41) is 10.6. The van der Waals surface area contributed by atoms with Gasteiger partial charge in [0.1, 0.15) is 11.4 Å². The molecule has 0 saturated carbocycles. The van der Waals surface area contributed by atoms with E-state index in [1.807, 2.05) is 0 Å². The highest BCUT2D eigenvalue weighted by molar-refractivity contribution is 7.90. The molecular weight excluding hydrogens is 545 g/mol. The number of halogens is 3. The SMILES string of the molecule is CCOC(=O)c1cc(-c2ccc(-n3cc(C(C)(C)O)nc3-c3ccccc3C(F)(F)F)cc2)cc(S(C)(=O)=O)c1. The summed E-state index contributed by atoms with van der Waals surface area (Å²) in [5.41, 5.74) is -0.781. The predicted molar refractivity (Wildman–Crippen MR) is 144 cm³/mol. The maximum Gasteiger partial charge on any atom is 0.417 e. The number of benzene rings is 3. The van der Waals surface area contributed by atoms with Gasteiger partial charge in [0.25, 0.3) is 0 Å². The Labute approximate surface area is 229 Å². The van der Waals surface area contributed by atoms with E-state index < -0.39 is 33.1 Å². The molecule has 0 aliphatic rings. The van der Waals surface area contributed by atoms with Crippen molar-refractivity contribution in [3.8, 4) is 28.2 Å². The molecule has 40 heavy (non-hydrogen) atoms. The average Bonchev–Trinajstić information content (AvgIpc) is 3.34. The van der Waals surface area contributed by atoms with Gasteiger partial charge in [-0.05, 0) is 68.3 Å². The third-order valence-corrected chi connectivity index (χ3v) is 7.22. The highest BCUT2D eigenvalue weighted by atomic mass is 32.2. The van der Waals surface area contributed by atoms with E-state index in [4.69, 9.17) is 4.74 Å². The van der Waals surface area contributed by atoms with E-state index in [1.54, 1.807) is 31.2 Å². The number of aromatic nitrogens is 2. The molecule has 0 aliphatic carbocycles. The zero-order valence-corrected chi connectivity index (χ0v) is 23.0. The largest absolute Gasteiger partial charge is 0.462 e. The van der Waals surface area contributed by atoms with Crippen LogP contribution in [0, 0.1) is 0 Å². The first-order chi connectivity index (χ1) is 18.6. The van der Waals surface area contributed by atoms with Crippen LogP contribution < -0.4 is 0 Å². The van der Waals surface area contributed by atoms with E-state index in [9.17, 15) is 31.5 Å². The van der Waals surface area contributed by atoms with Crippen molar-refractivity contribution < 1.29 is 36.2 Å². The molecular formula is C29H27F3N2O5S. The number of carbonyl (C=O) groups is 1. The van der Waals surface area contributed by atoms with Crippen molar-refractivity contribution in [2.24, 2.45) is 0 Å². The topological polar surface area (TPSA) is 98.5 Å². The van der Waals surface area contributed by atoms with E-state index in [0.717, 1.165) is 12.3 Å². The van der Waals surface area contributed by atoms with Gasteiger partial charge in [-0.3, -0.25) is 4.57 Å². The van der Waals surface area contributed by atoms with Gasteiger partial charge in [0.15, 0.2) is 9.84 Å². The van der Waals surface area contributed by atoms with Gasteiger partial charge in [0, 0.05) is 23.7 Å². The summed E-state index contributed by atoms with van der Waals surface area (Å²) in [6.07, 6.45) is -2.13. The summed E-state index contributed by atoms with van der Waals surface area (Å²) in [7, 11) is -3.65. The Morgan fingerprint density at radius 3 is 2.23 bits per heavy atom. The lowest BCUT2D eigenvalue weighted by Crippen LogP contribution is -2.15. The number of aliphatic hydroxyl groups is 1. The molecule has 1 heterocycles. The summed E-state index contributed by atoms with van der Waals surface area (Å²) >= 11 is 0. The van der Waals surface area contributed by atoms with Crippen molar-refractivity contribution in [1.29, 1.82) is 0 Å². The maximum atomic E-state index is 13.8. The number of carbonyl (C=O) groups excluding carboxylic acids is 1. The summed E-state index contributed by atoms with van der Waals surface area (Å²) in [4.78, 5) is 16.7. The summed E-state index contributed by atoms with van der Waals surface area (Å²) in [5.74, 6) is -0.683. The molecule has 1 aromatic heterocycles. The van der Waals surface area contributed by atoms with Gasteiger partial charge >= 0.3 is 12.1 Å². The van der Waals surface area contributed by atoms with E-state index >= 15 is 0 Å². The molecule has 3 aromatic carbocycles. The van der Waals surface area contributed by atoms with Crippen molar-refractivity contribution in [2.75, 3.05) is 12.9 Å². The number of alkyl halides is 3. The highest BCUT2D eigenvalue weighted by Crippen LogP contribution is 2.38. The molecule has 0 atom stereocenters. The molecule has 0 saturated heterocycles. The van der Waals surface area contributed by atoms with Crippen molar-refractivity contribution in [3.05, 3.63) is 89.7 Å². The number of nitrogens with zero attached hydrogens (tertiary/aromatic N) is 2. The standard InChI is InChI=1S/C29H27F3N2O5S/c1-5-39-27(35)20-14-19(15-22(16-20)40(4,37)38)18-10-12-21(13-11-18)34-17-25(28(2,3)36)33-26(34)23-8-6-7-9-24(23)29(30,31)32/h6-17,36H,5H2,1-4H3. The van der Waals surface area contributed by atoms with E-state index in [1.165, 1.54) is 61.0 Å². The van der Waals surface area contributed by atoms with Crippen LogP contribution in [0.1, 0.15) is 42.4 Å². The third-order valence-electron chi connectivity index (χ3n) is 6.13. The lowest BCUT2D eigenvalue weighted by atomic mass is 10.0. The molecule has 0 radical (unpaired) electrons. The molecule has 4 aromatic rings. The first-order valence-electron chi connectivity index (χ1n) is 12.2. The van der Waals surface area contributed by atoms with Crippen LogP contribution in [0.5, 0.6) is 0 Å². The average molecular weight is 573 g/mol. The predicted octanol–water partition coefficient (Wildman–Crippen LogP) is 6.03. The molecule has 0 amide bonds. The van der Waals surface area contributed by atoms with Gasteiger partial charge in [0.2, 0.25) is 0 Å². The molecule has 11 heteroatoms. The molecule has 0 aliphatic heterocycles. The number of ether oxygens (including phenoxy) is 1. The second kappa shape index (κ2) is 10.5. The lowest BCUT2D eigenvalue weighted by molar-refractivity contribution is -0.137. The quantitative estimate of drug-likeness (QED) is 0.272. The second-order valence-electron chi connectivity index (χ2n) is 9.71. The Kier molecular flexibility index (Phi) is 7.66. The summed E-state index contributed by atoms with van der Waals surface area (Å²) < 4.78 is 72.6. The van der Waals surface area contributed by atoms with Crippen LogP contribution in [0.2, 0.25) is 0 Å². The Hall–Kier alpha value is -3.96. The summed E-state index contributed by atoms with van der Waals surface area (Å²) in [6, 6.07) is 15.8. The normalized spacial score (nSPS) is 12.4. The molecule has 0 bridgehead atoms. The Balaban J connectivity index is 1.85. The van der Waals surface area contributed by atoms with Gasteiger partial charge in [-0.2, -0.15) is 13.2 Å². The van der Waals surface area contributed by atoms with Crippen molar-refractivity contribution in [3.63, 3.8) is 0 Å². The highest BCUT2D eigenvalue weighted by Gasteiger charge is 2.35.